The summed E-state index contributed by atoms with van der Waals surface area (Å²) in [5, 5.41) is 11.8. The van der Waals surface area contributed by atoms with E-state index in [0.29, 0.717) is 5.92 Å². The highest BCUT2D eigenvalue weighted by Crippen LogP contribution is 2.27. The predicted octanol–water partition coefficient (Wildman–Crippen LogP) is 0.928. The second-order valence-electron chi connectivity index (χ2n) is 4.79. The molecule has 0 amide bonds. The first kappa shape index (κ1) is 14.4. The van der Waals surface area contributed by atoms with E-state index in [-0.39, 0.29) is 0 Å². The van der Waals surface area contributed by atoms with Gasteiger partial charge >= 0.3 is 0 Å². The molecule has 1 atom stereocenters. The lowest BCUT2D eigenvalue weighted by atomic mass is 10.0. The van der Waals surface area contributed by atoms with Crippen molar-refractivity contribution in [2.45, 2.75) is 38.8 Å². The van der Waals surface area contributed by atoms with E-state index in [1.807, 2.05) is 18.7 Å². The smallest absolute Gasteiger partial charge is 0.100 e. The first-order valence-corrected chi connectivity index (χ1v) is 7.09. The van der Waals surface area contributed by atoms with Crippen molar-refractivity contribution in [1.29, 1.82) is 0 Å². The van der Waals surface area contributed by atoms with Crippen LogP contribution in [0.5, 0.6) is 0 Å². The first-order valence-electron chi connectivity index (χ1n) is 7.09. The summed E-state index contributed by atoms with van der Waals surface area (Å²) in [4.78, 5) is 0. The molecule has 1 N–H and O–H groups in total. The van der Waals surface area contributed by atoms with Gasteiger partial charge in [0.25, 0.3) is 0 Å². The highest BCUT2D eigenvalue weighted by atomic mass is 16.5. The average Bonchev–Trinajstić information content (AvgIpc) is 3.04. The second kappa shape index (κ2) is 7.57. The van der Waals surface area contributed by atoms with Crippen molar-refractivity contribution >= 4 is 0 Å². The molecule has 1 unspecified atom stereocenters. The average molecular weight is 268 g/mol. The largest absolute Gasteiger partial charge is 0.382 e. The molecule has 0 bridgehead atoms. The van der Waals surface area contributed by atoms with Gasteiger partial charge < -0.3 is 14.8 Å². The summed E-state index contributed by atoms with van der Waals surface area (Å²) in [5.74, 6) is 0.436. The van der Waals surface area contributed by atoms with Crippen LogP contribution in [0.2, 0.25) is 0 Å². The van der Waals surface area contributed by atoms with E-state index in [2.05, 4.69) is 15.6 Å². The fourth-order valence-electron chi connectivity index (χ4n) is 2.47. The Bertz CT molecular complexity index is 375. The predicted molar refractivity (Wildman–Crippen MR) is 72.1 cm³/mol. The van der Waals surface area contributed by atoms with E-state index < -0.39 is 0 Å². The van der Waals surface area contributed by atoms with E-state index in [9.17, 15) is 0 Å². The molecule has 2 rings (SSSR count). The number of aromatic nitrogens is 3. The van der Waals surface area contributed by atoms with Gasteiger partial charge in [0.2, 0.25) is 0 Å². The number of hydrogen-bond donors (Lipinski definition) is 1. The summed E-state index contributed by atoms with van der Waals surface area (Å²) in [6.45, 7) is 6.81. The normalized spacial score (nSPS) is 19.2. The van der Waals surface area contributed by atoms with Crippen molar-refractivity contribution in [2.75, 3.05) is 33.5 Å². The van der Waals surface area contributed by atoms with Gasteiger partial charge in [-0.15, -0.1) is 5.10 Å². The Labute approximate surface area is 114 Å². The van der Waals surface area contributed by atoms with Crippen LogP contribution >= 0.6 is 0 Å². The Morgan fingerprint density at radius 2 is 2.42 bits per heavy atom. The molecule has 0 radical (unpaired) electrons. The standard InChI is InChI=1S/C13H24N4O2/c1-3-18-7-4-6-17-13(11-5-8-19-10-11)12(9-14-2)15-16-17/h11,14H,3-10H2,1-2H3. The van der Waals surface area contributed by atoms with Gasteiger partial charge in [-0.25, -0.2) is 4.68 Å². The van der Waals surface area contributed by atoms with Crippen LogP contribution in [-0.4, -0.2) is 48.5 Å². The summed E-state index contributed by atoms with van der Waals surface area (Å²) < 4.78 is 12.9. The van der Waals surface area contributed by atoms with Crippen LogP contribution in [0.3, 0.4) is 0 Å². The third kappa shape index (κ3) is 3.75. The van der Waals surface area contributed by atoms with Gasteiger partial charge in [0, 0.05) is 38.8 Å². The fraction of sp³-hybridized carbons (Fsp3) is 0.846. The molecule has 1 saturated heterocycles. The summed E-state index contributed by atoms with van der Waals surface area (Å²) in [5.41, 5.74) is 2.29. The Balaban J connectivity index is 2.03. The molecule has 1 aliphatic rings. The SMILES string of the molecule is CCOCCCn1nnc(CNC)c1C1CCOC1. The lowest BCUT2D eigenvalue weighted by Gasteiger charge is -2.12. The highest BCUT2D eigenvalue weighted by molar-refractivity contribution is 5.17. The number of nitrogens with zero attached hydrogens (tertiary/aromatic N) is 3. The zero-order valence-electron chi connectivity index (χ0n) is 11.9. The minimum atomic E-state index is 0.436. The number of aryl methyl sites for hydroxylation is 1. The summed E-state index contributed by atoms with van der Waals surface area (Å²) in [7, 11) is 1.93. The van der Waals surface area contributed by atoms with Crippen LogP contribution in [-0.2, 0) is 22.6 Å². The van der Waals surface area contributed by atoms with Crippen molar-refractivity contribution in [3.05, 3.63) is 11.4 Å². The molecule has 2 heterocycles. The van der Waals surface area contributed by atoms with Crippen molar-refractivity contribution in [3.8, 4) is 0 Å². The van der Waals surface area contributed by atoms with Gasteiger partial charge in [0.1, 0.15) is 5.69 Å². The molecular weight excluding hydrogens is 244 g/mol. The van der Waals surface area contributed by atoms with Crippen LogP contribution in [0.4, 0.5) is 0 Å². The van der Waals surface area contributed by atoms with Gasteiger partial charge in [-0.3, -0.25) is 0 Å². The zero-order chi connectivity index (χ0) is 13.5. The quantitative estimate of drug-likeness (QED) is 0.711. The molecule has 0 saturated carbocycles. The van der Waals surface area contributed by atoms with E-state index in [1.54, 1.807) is 0 Å². The van der Waals surface area contributed by atoms with E-state index in [0.717, 1.165) is 58.1 Å². The van der Waals surface area contributed by atoms with Crippen molar-refractivity contribution < 1.29 is 9.47 Å². The molecule has 0 spiro atoms. The van der Waals surface area contributed by atoms with Gasteiger partial charge in [0.15, 0.2) is 0 Å². The van der Waals surface area contributed by atoms with Crippen LogP contribution in [0.1, 0.15) is 37.1 Å². The second-order valence-corrected chi connectivity index (χ2v) is 4.79. The van der Waals surface area contributed by atoms with Crippen molar-refractivity contribution in [2.24, 2.45) is 0 Å². The number of ether oxygens (including phenoxy) is 2. The molecule has 1 fully saturated rings. The summed E-state index contributed by atoms with van der Waals surface area (Å²) >= 11 is 0. The maximum Gasteiger partial charge on any atom is 0.100 e. The molecule has 6 heteroatoms. The lowest BCUT2D eigenvalue weighted by molar-refractivity contribution is 0.140. The topological polar surface area (TPSA) is 61.2 Å². The Hall–Kier alpha value is -0.980. The molecule has 1 aromatic heterocycles. The molecule has 0 aliphatic carbocycles. The minimum Gasteiger partial charge on any atom is -0.382 e. The molecule has 108 valence electrons. The van der Waals surface area contributed by atoms with Gasteiger partial charge in [-0.2, -0.15) is 0 Å². The zero-order valence-corrected chi connectivity index (χ0v) is 11.9. The third-order valence-corrected chi connectivity index (χ3v) is 3.37. The fourth-order valence-corrected chi connectivity index (χ4v) is 2.47. The van der Waals surface area contributed by atoms with Crippen molar-refractivity contribution in [1.82, 2.24) is 20.3 Å². The molecule has 0 aromatic carbocycles. The molecular formula is C13H24N4O2. The van der Waals surface area contributed by atoms with E-state index in [4.69, 9.17) is 9.47 Å². The molecule has 6 nitrogen and oxygen atoms in total. The summed E-state index contributed by atoms with van der Waals surface area (Å²) in [6.07, 6.45) is 2.03. The maximum atomic E-state index is 5.50. The summed E-state index contributed by atoms with van der Waals surface area (Å²) in [6, 6.07) is 0. The maximum absolute atomic E-state index is 5.50. The van der Waals surface area contributed by atoms with Crippen LogP contribution in [0.15, 0.2) is 0 Å². The van der Waals surface area contributed by atoms with Gasteiger partial charge in [-0.05, 0) is 26.8 Å². The Morgan fingerprint density at radius 1 is 1.53 bits per heavy atom. The van der Waals surface area contributed by atoms with E-state index >= 15 is 0 Å². The Kier molecular flexibility index (Phi) is 5.75. The van der Waals surface area contributed by atoms with Gasteiger partial charge in [-0.1, -0.05) is 5.21 Å². The third-order valence-electron chi connectivity index (χ3n) is 3.37. The van der Waals surface area contributed by atoms with Crippen molar-refractivity contribution in [3.63, 3.8) is 0 Å². The van der Waals surface area contributed by atoms with Gasteiger partial charge in [0.05, 0.1) is 12.3 Å². The minimum absolute atomic E-state index is 0.436. The number of hydrogen-bond acceptors (Lipinski definition) is 5. The number of nitrogens with one attached hydrogen (secondary N) is 1. The lowest BCUT2D eigenvalue weighted by Crippen LogP contribution is -2.15. The van der Waals surface area contributed by atoms with Crippen LogP contribution in [0, 0.1) is 0 Å². The number of rotatable bonds is 8. The first-order chi connectivity index (χ1) is 9.36. The Morgan fingerprint density at radius 3 is 3.11 bits per heavy atom. The van der Waals surface area contributed by atoms with E-state index in [1.165, 1.54) is 5.69 Å². The van der Waals surface area contributed by atoms with Crippen LogP contribution < -0.4 is 5.32 Å². The monoisotopic (exact) mass is 268 g/mol. The molecule has 1 aliphatic heterocycles. The molecule has 1 aromatic rings. The highest BCUT2D eigenvalue weighted by Gasteiger charge is 2.25. The van der Waals surface area contributed by atoms with Crippen LogP contribution in [0.25, 0.3) is 0 Å². The molecule has 19 heavy (non-hydrogen) atoms.